The molecule has 0 saturated heterocycles. The second kappa shape index (κ2) is 7.09. The highest BCUT2D eigenvalue weighted by Crippen LogP contribution is 2.20. The van der Waals surface area contributed by atoms with Crippen LogP contribution in [0.1, 0.15) is 40.0 Å². The molecule has 0 aromatic heterocycles. The number of hydrogen-bond acceptors (Lipinski definition) is 3. The molecule has 0 aliphatic carbocycles. The van der Waals surface area contributed by atoms with Crippen LogP contribution < -0.4 is 5.73 Å². The summed E-state index contributed by atoms with van der Waals surface area (Å²) in [4.78, 5) is 12.2. The molecule has 4 nitrogen and oxygen atoms in total. The van der Waals surface area contributed by atoms with E-state index in [4.69, 9.17) is 10.8 Å². The molecule has 0 aromatic rings. The Labute approximate surface area is 111 Å². The van der Waals surface area contributed by atoms with Gasteiger partial charge in [0, 0.05) is 6.04 Å². The van der Waals surface area contributed by atoms with E-state index in [-0.39, 0.29) is 25.4 Å². The maximum Gasteiger partial charge on any atom is 0.401 e. The molecule has 0 aliphatic heterocycles. The van der Waals surface area contributed by atoms with E-state index in [2.05, 4.69) is 0 Å². The lowest BCUT2D eigenvalue weighted by molar-refractivity contribution is -0.150. The summed E-state index contributed by atoms with van der Waals surface area (Å²) in [7, 11) is 0. The molecule has 0 heterocycles. The molecule has 0 aliphatic rings. The van der Waals surface area contributed by atoms with Crippen LogP contribution in [0.5, 0.6) is 0 Å². The second-order valence-electron chi connectivity index (χ2n) is 5.10. The first-order chi connectivity index (χ1) is 8.52. The number of carbonyl (C=O) groups is 1. The fourth-order valence-corrected chi connectivity index (χ4v) is 1.78. The van der Waals surface area contributed by atoms with Crippen LogP contribution in [0, 0.1) is 0 Å². The van der Waals surface area contributed by atoms with Crippen LogP contribution in [0.25, 0.3) is 0 Å². The van der Waals surface area contributed by atoms with Crippen LogP contribution in [0.15, 0.2) is 0 Å². The number of rotatable bonds is 8. The van der Waals surface area contributed by atoms with Gasteiger partial charge in [-0.3, -0.25) is 9.69 Å². The monoisotopic (exact) mass is 284 g/mol. The zero-order valence-electron chi connectivity index (χ0n) is 11.6. The Kier molecular flexibility index (Phi) is 6.79. The minimum atomic E-state index is -4.25. The minimum absolute atomic E-state index is 0.167. The Balaban J connectivity index is 4.38. The zero-order valence-corrected chi connectivity index (χ0v) is 11.6. The molecule has 3 N–H and O–H groups in total. The van der Waals surface area contributed by atoms with Crippen molar-refractivity contribution in [2.24, 2.45) is 5.73 Å². The standard InChI is InChI=1S/C12H23F3N2O2/c1-4-11(16,10(18)19)6-5-7-17(9(2)3)8-12(13,14)15/h9H,4-8,16H2,1-3H3,(H,18,19). The molecule has 0 spiro atoms. The molecule has 0 bridgehead atoms. The Morgan fingerprint density at radius 2 is 1.89 bits per heavy atom. The first-order valence-electron chi connectivity index (χ1n) is 6.35. The molecule has 1 unspecified atom stereocenters. The summed E-state index contributed by atoms with van der Waals surface area (Å²) in [5.41, 5.74) is 4.34. The highest BCUT2D eigenvalue weighted by Gasteiger charge is 2.34. The van der Waals surface area contributed by atoms with Gasteiger partial charge in [-0.1, -0.05) is 6.92 Å². The number of halogens is 3. The zero-order chi connectivity index (χ0) is 15.3. The average Bonchev–Trinajstić information content (AvgIpc) is 2.25. The summed E-state index contributed by atoms with van der Waals surface area (Å²) in [6, 6.07) is -0.250. The van der Waals surface area contributed by atoms with Crippen LogP contribution in [0.3, 0.4) is 0 Å². The van der Waals surface area contributed by atoms with Gasteiger partial charge >= 0.3 is 12.1 Å². The van der Waals surface area contributed by atoms with Gasteiger partial charge in [-0.2, -0.15) is 13.2 Å². The van der Waals surface area contributed by atoms with Crippen molar-refractivity contribution in [3.05, 3.63) is 0 Å². The Bertz CT molecular complexity index is 295. The Hall–Kier alpha value is -0.820. The van der Waals surface area contributed by atoms with Crippen molar-refractivity contribution in [3.8, 4) is 0 Å². The fourth-order valence-electron chi connectivity index (χ4n) is 1.78. The third-order valence-electron chi connectivity index (χ3n) is 3.24. The van der Waals surface area contributed by atoms with Crippen molar-refractivity contribution in [2.75, 3.05) is 13.1 Å². The Morgan fingerprint density at radius 3 is 2.21 bits per heavy atom. The first kappa shape index (κ1) is 18.2. The van der Waals surface area contributed by atoms with E-state index in [9.17, 15) is 18.0 Å². The molecule has 0 saturated carbocycles. The van der Waals surface area contributed by atoms with Gasteiger partial charge in [0.15, 0.2) is 0 Å². The SMILES string of the molecule is CCC(N)(CCCN(CC(F)(F)F)C(C)C)C(=O)O. The molecule has 1 atom stereocenters. The summed E-state index contributed by atoms with van der Waals surface area (Å²) >= 11 is 0. The van der Waals surface area contributed by atoms with Crippen molar-refractivity contribution >= 4 is 5.97 Å². The van der Waals surface area contributed by atoms with E-state index >= 15 is 0 Å². The number of nitrogens with zero attached hydrogens (tertiary/aromatic N) is 1. The fraction of sp³-hybridized carbons (Fsp3) is 0.917. The molecule has 114 valence electrons. The van der Waals surface area contributed by atoms with E-state index in [1.807, 2.05) is 0 Å². The van der Waals surface area contributed by atoms with Gasteiger partial charge in [-0.25, -0.2) is 0 Å². The van der Waals surface area contributed by atoms with Crippen molar-refractivity contribution in [1.29, 1.82) is 0 Å². The van der Waals surface area contributed by atoms with E-state index in [0.29, 0.717) is 6.42 Å². The van der Waals surface area contributed by atoms with E-state index in [1.165, 1.54) is 4.90 Å². The van der Waals surface area contributed by atoms with Gasteiger partial charge in [-0.05, 0) is 39.7 Å². The number of nitrogens with two attached hydrogens (primary N) is 1. The molecule has 19 heavy (non-hydrogen) atoms. The van der Waals surface area contributed by atoms with Gasteiger partial charge in [0.1, 0.15) is 5.54 Å². The van der Waals surface area contributed by atoms with Crippen LogP contribution in [0.2, 0.25) is 0 Å². The topological polar surface area (TPSA) is 66.6 Å². The van der Waals surface area contributed by atoms with Gasteiger partial charge in [0.05, 0.1) is 6.54 Å². The maximum atomic E-state index is 12.4. The quantitative estimate of drug-likeness (QED) is 0.717. The van der Waals surface area contributed by atoms with Crippen molar-refractivity contribution in [1.82, 2.24) is 4.90 Å². The second-order valence-corrected chi connectivity index (χ2v) is 5.10. The summed E-state index contributed by atoms with van der Waals surface area (Å²) < 4.78 is 37.1. The van der Waals surface area contributed by atoms with Crippen molar-refractivity contribution in [3.63, 3.8) is 0 Å². The highest BCUT2D eigenvalue weighted by molar-refractivity contribution is 5.78. The van der Waals surface area contributed by atoms with Crippen LogP contribution in [-0.4, -0.2) is 46.8 Å². The minimum Gasteiger partial charge on any atom is -0.480 e. The predicted molar refractivity (Wildman–Crippen MR) is 66.8 cm³/mol. The molecular weight excluding hydrogens is 261 g/mol. The lowest BCUT2D eigenvalue weighted by atomic mass is 9.91. The smallest absolute Gasteiger partial charge is 0.401 e. The number of carboxylic acid groups (broad SMARTS) is 1. The van der Waals surface area contributed by atoms with E-state index in [1.54, 1.807) is 20.8 Å². The molecular formula is C12H23F3N2O2. The molecule has 0 fully saturated rings. The molecule has 0 rings (SSSR count). The van der Waals surface area contributed by atoms with Crippen LogP contribution >= 0.6 is 0 Å². The highest BCUT2D eigenvalue weighted by atomic mass is 19.4. The lowest BCUT2D eigenvalue weighted by Gasteiger charge is -2.29. The number of alkyl halides is 3. The first-order valence-corrected chi connectivity index (χ1v) is 6.35. The van der Waals surface area contributed by atoms with E-state index in [0.717, 1.165) is 0 Å². The van der Waals surface area contributed by atoms with Gasteiger partial charge in [0.2, 0.25) is 0 Å². The average molecular weight is 284 g/mol. The van der Waals surface area contributed by atoms with Gasteiger partial charge < -0.3 is 10.8 Å². The van der Waals surface area contributed by atoms with Crippen molar-refractivity contribution in [2.45, 2.75) is 57.8 Å². The lowest BCUT2D eigenvalue weighted by Crippen LogP contribution is -2.48. The molecule has 7 heteroatoms. The largest absolute Gasteiger partial charge is 0.480 e. The number of hydrogen-bond donors (Lipinski definition) is 2. The maximum absolute atomic E-state index is 12.4. The number of carboxylic acids is 1. The molecule has 0 aromatic carbocycles. The Morgan fingerprint density at radius 1 is 1.37 bits per heavy atom. The van der Waals surface area contributed by atoms with Gasteiger partial charge in [0.25, 0.3) is 0 Å². The predicted octanol–water partition coefficient (Wildman–Crippen LogP) is 2.23. The molecule has 0 radical (unpaired) electrons. The van der Waals surface area contributed by atoms with E-state index < -0.39 is 24.2 Å². The summed E-state index contributed by atoms with van der Waals surface area (Å²) in [5, 5.41) is 8.97. The van der Waals surface area contributed by atoms with Crippen LogP contribution in [0.4, 0.5) is 13.2 Å². The van der Waals surface area contributed by atoms with Crippen LogP contribution in [-0.2, 0) is 4.79 Å². The van der Waals surface area contributed by atoms with Gasteiger partial charge in [-0.15, -0.1) is 0 Å². The van der Waals surface area contributed by atoms with Crippen molar-refractivity contribution < 1.29 is 23.1 Å². The normalized spacial score (nSPS) is 15.8. The third-order valence-corrected chi connectivity index (χ3v) is 3.24. The summed E-state index contributed by atoms with van der Waals surface area (Å²) in [6.45, 7) is 4.21. The molecule has 0 amide bonds. The summed E-state index contributed by atoms with van der Waals surface area (Å²) in [6.07, 6.45) is -3.50. The third kappa shape index (κ3) is 6.77. The summed E-state index contributed by atoms with van der Waals surface area (Å²) in [5.74, 6) is -1.11. The number of aliphatic carboxylic acids is 1.